The molecule has 2 heterocycles. The van der Waals surface area contributed by atoms with Gasteiger partial charge in [0.25, 0.3) is 5.56 Å². The van der Waals surface area contributed by atoms with Crippen molar-refractivity contribution in [2.75, 3.05) is 33.4 Å². The largest absolute Gasteiger partial charge is 0.493 e. The van der Waals surface area contributed by atoms with Crippen molar-refractivity contribution in [2.24, 2.45) is 5.41 Å². The van der Waals surface area contributed by atoms with Crippen LogP contribution < -0.4 is 15.0 Å². The molecule has 1 aromatic heterocycles. The number of aromatic nitrogens is 2. The van der Waals surface area contributed by atoms with E-state index in [1.165, 1.54) is 18.0 Å². The number of carbonyl (C=O) groups is 1. The van der Waals surface area contributed by atoms with Gasteiger partial charge in [-0.25, -0.2) is 4.98 Å². The van der Waals surface area contributed by atoms with E-state index in [1.54, 1.807) is 32.9 Å². The first-order valence-electron chi connectivity index (χ1n) is 10.5. The van der Waals surface area contributed by atoms with Crippen LogP contribution in [0.1, 0.15) is 33.6 Å². The van der Waals surface area contributed by atoms with Crippen molar-refractivity contribution in [1.82, 2.24) is 14.5 Å². The SMILES string of the molecule is COc1cc2c(=O)n(COC(=O)C(C)(C)C)cnc2cc1OC[C@H](O)CN1CCCC1. The average molecular weight is 434 g/mol. The van der Waals surface area contributed by atoms with Crippen molar-refractivity contribution < 1.29 is 24.1 Å². The maximum absolute atomic E-state index is 12.8. The fourth-order valence-corrected chi connectivity index (χ4v) is 3.38. The van der Waals surface area contributed by atoms with Crippen molar-refractivity contribution in [3.8, 4) is 11.5 Å². The molecule has 31 heavy (non-hydrogen) atoms. The van der Waals surface area contributed by atoms with Gasteiger partial charge in [0.1, 0.15) is 19.0 Å². The minimum absolute atomic E-state index is 0.109. The number of esters is 1. The van der Waals surface area contributed by atoms with Gasteiger partial charge in [0.05, 0.1) is 23.4 Å². The Labute approximate surface area is 181 Å². The van der Waals surface area contributed by atoms with Gasteiger partial charge in [0.15, 0.2) is 18.2 Å². The smallest absolute Gasteiger partial charge is 0.312 e. The number of hydrogen-bond donors (Lipinski definition) is 1. The maximum atomic E-state index is 12.8. The number of hydrogen-bond acceptors (Lipinski definition) is 8. The summed E-state index contributed by atoms with van der Waals surface area (Å²) in [5, 5.41) is 10.6. The summed E-state index contributed by atoms with van der Waals surface area (Å²) in [6.45, 7) is 7.67. The summed E-state index contributed by atoms with van der Waals surface area (Å²) in [5.74, 6) is 0.358. The summed E-state index contributed by atoms with van der Waals surface area (Å²) in [5.41, 5.74) is -0.596. The van der Waals surface area contributed by atoms with E-state index in [0.29, 0.717) is 28.9 Å². The lowest BCUT2D eigenvalue weighted by Crippen LogP contribution is -2.33. The number of fused-ring (bicyclic) bond motifs is 1. The molecule has 0 amide bonds. The molecule has 9 nitrogen and oxygen atoms in total. The zero-order valence-corrected chi connectivity index (χ0v) is 18.6. The zero-order valence-electron chi connectivity index (χ0n) is 18.6. The van der Waals surface area contributed by atoms with Crippen LogP contribution in [0.25, 0.3) is 10.9 Å². The minimum atomic E-state index is -0.664. The van der Waals surface area contributed by atoms with Crippen molar-refractivity contribution in [2.45, 2.75) is 46.4 Å². The summed E-state index contributed by atoms with van der Waals surface area (Å²) in [6.07, 6.45) is 3.02. The standard InChI is InChI=1S/C22H31N3O6/c1-22(2,3)21(28)31-14-25-13-23-17-10-19(18(29-4)9-16(17)20(25)27)30-12-15(26)11-24-7-5-6-8-24/h9-10,13,15,26H,5-8,11-12,14H2,1-4H3/t15-/m1/s1. The molecule has 0 spiro atoms. The van der Waals surface area contributed by atoms with Gasteiger partial charge in [-0.1, -0.05) is 0 Å². The number of carbonyl (C=O) groups excluding carboxylic acids is 1. The molecular weight excluding hydrogens is 402 g/mol. The number of aliphatic hydroxyl groups is 1. The highest BCUT2D eigenvalue weighted by atomic mass is 16.5. The topological polar surface area (TPSA) is 103 Å². The quantitative estimate of drug-likeness (QED) is 0.629. The highest BCUT2D eigenvalue weighted by Crippen LogP contribution is 2.30. The second kappa shape index (κ2) is 9.65. The lowest BCUT2D eigenvalue weighted by molar-refractivity contribution is -0.157. The third-order valence-corrected chi connectivity index (χ3v) is 5.16. The van der Waals surface area contributed by atoms with Gasteiger partial charge in [-0.05, 0) is 52.8 Å². The molecule has 0 saturated carbocycles. The van der Waals surface area contributed by atoms with Crippen LogP contribution in [-0.4, -0.2) is 65.0 Å². The molecule has 1 saturated heterocycles. The summed E-state index contributed by atoms with van der Waals surface area (Å²) < 4.78 is 17.6. The van der Waals surface area contributed by atoms with Crippen LogP contribution in [0.5, 0.6) is 11.5 Å². The Kier molecular flexibility index (Phi) is 7.17. The predicted octanol–water partition coefficient (Wildman–Crippen LogP) is 1.79. The van der Waals surface area contributed by atoms with Gasteiger partial charge >= 0.3 is 5.97 Å². The lowest BCUT2D eigenvalue weighted by Gasteiger charge is -2.20. The van der Waals surface area contributed by atoms with Crippen molar-refractivity contribution in [3.05, 3.63) is 28.8 Å². The van der Waals surface area contributed by atoms with Crippen molar-refractivity contribution in [1.29, 1.82) is 0 Å². The van der Waals surface area contributed by atoms with E-state index >= 15 is 0 Å². The molecule has 1 atom stereocenters. The van der Waals surface area contributed by atoms with Crippen LogP contribution >= 0.6 is 0 Å². The highest BCUT2D eigenvalue weighted by Gasteiger charge is 2.23. The lowest BCUT2D eigenvalue weighted by atomic mass is 9.98. The molecule has 0 bridgehead atoms. The van der Waals surface area contributed by atoms with Crippen molar-refractivity contribution >= 4 is 16.9 Å². The van der Waals surface area contributed by atoms with Crippen molar-refractivity contribution in [3.63, 3.8) is 0 Å². The Hall–Kier alpha value is -2.65. The fraction of sp³-hybridized carbons (Fsp3) is 0.591. The maximum Gasteiger partial charge on any atom is 0.312 e. The molecule has 1 aliphatic heterocycles. The first-order chi connectivity index (χ1) is 14.7. The molecule has 1 fully saturated rings. The van der Waals surface area contributed by atoms with E-state index in [1.807, 2.05) is 0 Å². The first kappa shape index (κ1) is 23.0. The summed E-state index contributed by atoms with van der Waals surface area (Å²) >= 11 is 0. The second-order valence-electron chi connectivity index (χ2n) is 8.82. The van der Waals surface area contributed by atoms with Gasteiger partial charge in [0, 0.05) is 12.6 Å². The van der Waals surface area contributed by atoms with Gasteiger partial charge in [-0.3, -0.25) is 14.2 Å². The predicted molar refractivity (Wildman–Crippen MR) is 115 cm³/mol. The summed E-state index contributed by atoms with van der Waals surface area (Å²) in [6, 6.07) is 3.17. The van der Waals surface area contributed by atoms with Crippen LogP contribution in [0.2, 0.25) is 0 Å². The third-order valence-electron chi connectivity index (χ3n) is 5.16. The second-order valence-corrected chi connectivity index (χ2v) is 8.82. The Morgan fingerprint density at radius 1 is 1.23 bits per heavy atom. The Morgan fingerprint density at radius 3 is 2.58 bits per heavy atom. The Morgan fingerprint density at radius 2 is 1.94 bits per heavy atom. The molecule has 3 rings (SSSR count). The molecule has 1 aliphatic rings. The minimum Gasteiger partial charge on any atom is -0.493 e. The van der Waals surface area contributed by atoms with E-state index in [2.05, 4.69) is 9.88 Å². The molecule has 1 aromatic carbocycles. The van der Waals surface area contributed by atoms with Crippen LogP contribution in [-0.2, 0) is 16.3 Å². The van der Waals surface area contributed by atoms with E-state index in [9.17, 15) is 14.7 Å². The van der Waals surface area contributed by atoms with Crippen LogP contribution in [0.15, 0.2) is 23.3 Å². The van der Waals surface area contributed by atoms with E-state index < -0.39 is 17.5 Å². The Balaban J connectivity index is 1.74. The number of methoxy groups -OCH3 is 1. The monoisotopic (exact) mass is 433 g/mol. The van der Waals surface area contributed by atoms with Gasteiger partial charge in [-0.2, -0.15) is 0 Å². The summed E-state index contributed by atoms with van der Waals surface area (Å²) in [7, 11) is 1.48. The number of nitrogens with zero attached hydrogens (tertiary/aromatic N) is 3. The number of ether oxygens (including phenoxy) is 3. The van der Waals surface area contributed by atoms with Crippen LogP contribution in [0, 0.1) is 5.41 Å². The first-order valence-corrected chi connectivity index (χ1v) is 10.5. The molecule has 170 valence electrons. The number of rotatable bonds is 8. The fourth-order valence-electron chi connectivity index (χ4n) is 3.38. The highest BCUT2D eigenvalue weighted by molar-refractivity contribution is 5.81. The number of likely N-dealkylation sites (tertiary alicyclic amines) is 1. The number of β-amino-alcohol motifs (C(OH)–C–C–N with tert-alkyl or cyclic N) is 1. The normalized spacial score (nSPS) is 15.8. The van der Waals surface area contributed by atoms with Crippen LogP contribution in [0.3, 0.4) is 0 Å². The molecule has 0 radical (unpaired) electrons. The molecule has 9 heteroatoms. The van der Waals surface area contributed by atoms with Crippen LogP contribution in [0.4, 0.5) is 0 Å². The van der Waals surface area contributed by atoms with Gasteiger partial charge in [0.2, 0.25) is 0 Å². The molecule has 0 unspecified atom stereocenters. The number of aliphatic hydroxyl groups excluding tert-OH is 1. The molecular formula is C22H31N3O6. The van der Waals surface area contributed by atoms with Gasteiger partial charge < -0.3 is 24.2 Å². The molecule has 0 aliphatic carbocycles. The van der Waals surface area contributed by atoms with Gasteiger partial charge in [-0.15, -0.1) is 0 Å². The number of benzene rings is 1. The van der Waals surface area contributed by atoms with E-state index in [0.717, 1.165) is 25.9 Å². The summed E-state index contributed by atoms with van der Waals surface area (Å²) in [4.78, 5) is 31.3. The average Bonchev–Trinajstić information content (AvgIpc) is 3.23. The van der Waals surface area contributed by atoms with E-state index in [4.69, 9.17) is 14.2 Å². The van der Waals surface area contributed by atoms with E-state index in [-0.39, 0.29) is 18.9 Å². The molecule has 2 aromatic rings. The zero-order chi connectivity index (χ0) is 22.6. The third kappa shape index (κ3) is 5.74. The Bertz CT molecular complexity index is 976. The molecule has 1 N–H and O–H groups in total.